The van der Waals surface area contributed by atoms with Crippen LogP contribution in [0.3, 0.4) is 0 Å². The zero-order valence-electron chi connectivity index (χ0n) is 11.5. The lowest BCUT2D eigenvalue weighted by molar-refractivity contribution is -0.157. The number of carbonyl (C=O) groups excluding carboxylic acids is 1. The average molecular weight is 231 g/mol. The summed E-state index contributed by atoms with van der Waals surface area (Å²) in [5, 5.41) is 3.15. The Labute approximate surface area is 98.7 Å². The predicted octanol–water partition coefficient (Wildman–Crippen LogP) is 1.73. The van der Waals surface area contributed by atoms with Crippen molar-refractivity contribution in [2.75, 3.05) is 7.11 Å². The number of ether oxygens (including phenoxy) is 2. The minimum Gasteiger partial charge on any atom is -0.459 e. The first kappa shape index (κ1) is 15.4. The molecule has 4 heteroatoms. The van der Waals surface area contributed by atoms with E-state index in [1.54, 1.807) is 14.0 Å². The minimum absolute atomic E-state index is 0.0601. The second-order valence-corrected chi connectivity index (χ2v) is 5.15. The Morgan fingerprint density at radius 3 is 2.06 bits per heavy atom. The van der Waals surface area contributed by atoms with Gasteiger partial charge in [-0.1, -0.05) is 0 Å². The quantitative estimate of drug-likeness (QED) is 0.732. The Morgan fingerprint density at radius 2 is 1.69 bits per heavy atom. The smallest absolute Gasteiger partial charge is 0.323 e. The molecule has 0 amide bonds. The second-order valence-electron chi connectivity index (χ2n) is 5.15. The number of hydrogen-bond acceptors (Lipinski definition) is 4. The van der Waals surface area contributed by atoms with Crippen LogP contribution in [0.25, 0.3) is 0 Å². The van der Waals surface area contributed by atoms with Crippen LogP contribution in [0.1, 0.15) is 41.5 Å². The molecule has 0 heterocycles. The fourth-order valence-corrected chi connectivity index (χ4v) is 1.19. The molecular weight excluding hydrogens is 206 g/mol. The summed E-state index contributed by atoms with van der Waals surface area (Å²) >= 11 is 0. The first-order chi connectivity index (χ1) is 7.17. The van der Waals surface area contributed by atoms with Gasteiger partial charge < -0.3 is 9.47 Å². The third kappa shape index (κ3) is 6.08. The maximum Gasteiger partial charge on any atom is 0.323 e. The summed E-state index contributed by atoms with van der Waals surface area (Å²) in [6.07, 6.45) is 0.0601. The van der Waals surface area contributed by atoms with E-state index in [0.29, 0.717) is 0 Å². The zero-order valence-corrected chi connectivity index (χ0v) is 11.5. The Morgan fingerprint density at radius 1 is 1.19 bits per heavy atom. The maximum absolute atomic E-state index is 11.7. The molecule has 96 valence electrons. The Balaban J connectivity index is 4.15. The van der Waals surface area contributed by atoms with Gasteiger partial charge in [-0.15, -0.1) is 0 Å². The highest BCUT2D eigenvalue weighted by Gasteiger charge is 2.24. The lowest BCUT2D eigenvalue weighted by atomic mass is 10.1. The number of hydrogen-bond donors (Lipinski definition) is 1. The molecule has 1 N–H and O–H groups in total. The predicted molar refractivity (Wildman–Crippen MR) is 64.4 cm³/mol. The van der Waals surface area contributed by atoms with Crippen LogP contribution in [0.15, 0.2) is 0 Å². The van der Waals surface area contributed by atoms with E-state index in [0.717, 1.165) is 0 Å². The normalized spacial score (nSPS) is 17.7. The van der Waals surface area contributed by atoms with Crippen molar-refractivity contribution in [2.24, 2.45) is 0 Å². The van der Waals surface area contributed by atoms with Crippen LogP contribution in [0.5, 0.6) is 0 Å². The summed E-state index contributed by atoms with van der Waals surface area (Å²) in [4.78, 5) is 11.7. The second kappa shape index (κ2) is 6.21. The van der Waals surface area contributed by atoms with Gasteiger partial charge in [0, 0.05) is 13.2 Å². The van der Waals surface area contributed by atoms with E-state index in [4.69, 9.17) is 9.47 Å². The standard InChI is InChI=1S/C12H25NO3/c1-8(10(3)15-7)13-9(2)11(14)16-12(4,5)6/h8-10,13H,1-7H3/t8?,9-,10?/m1/s1. The highest BCUT2D eigenvalue weighted by molar-refractivity contribution is 5.75. The molecule has 0 radical (unpaired) electrons. The number of esters is 1. The largest absolute Gasteiger partial charge is 0.459 e. The molecule has 4 nitrogen and oxygen atoms in total. The topological polar surface area (TPSA) is 47.6 Å². The van der Waals surface area contributed by atoms with Crippen molar-refractivity contribution in [1.29, 1.82) is 0 Å². The number of rotatable bonds is 5. The first-order valence-corrected chi connectivity index (χ1v) is 5.69. The monoisotopic (exact) mass is 231 g/mol. The van der Waals surface area contributed by atoms with Gasteiger partial charge in [0.05, 0.1) is 6.10 Å². The van der Waals surface area contributed by atoms with Gasteiger partial charge in [0.25, 0.3) is 0 Å². The van der Waals surface area contributed by atoms with Gasteiger partial charge in [-0.3, -0.25) is 10.1 Å². The van der Waals surface area contributed by atoms with E-state index in [1.165, 1.54) is 0 Å². The van der Waals surface area contributed by atoms with Crippen molar-refractivity contribution >= 4 is 5.97 Å². The molecule has 2 unspecified atom stereocenters. The molecule has 0 spiro atoms. The molecule has 3 atom stereocenters. The fraction of sp³-hybridized carbons (Fsp3) is 0.917. The van der Waals surface area contributed by atoms with Crippen molar-refractivity contribution in [1.82, 2.24) is 5.32 Å². The average Bonchev–Trinajstić information content (AvgIpc) is 2.13. The molecule has 0 aromatic carbocycles. The van der Waals surface area contributed by atoms with Crippen molar-refractivity contribution in [3.63, 3.8) is 0 Å². The maximum atomic E-state index is 11.7. The van der Waals surface area contributed by atoms with Gasteiger partial charge in [-0.25, -0.2) is 0 Å². The zero-order chi connectivity index (χ0) is 12.9. The van der Waals surface area contributed by atoms with Crippen LogP contribution >= 0.6 is 0 Å². The first-order valence-electron chi connectivity index (χ1n) is 5.69. The van der Waals surface area contributed by atoms with E-state index in [-0.39, 0.29) is 24.2 Å². The number of methoxy groups -OCH3 is 1. The van der Waals surface area contributed by atoms with Crippen LogP contribution in [-0.4, -0.2) is 36.9 Å². The van der Waals surface area contributed by atoms with Gasteiger partial charge in [0.2, 0.25) is 0 Å². The van der Waals surface area contributed by atoms with Gasteiger partial charge in [-0.05, 0) is 41.5 Å². The Hall–Kier alpha value is -0.610. The van der Waals surface area contributed by atoms with Crippen LogP contribution in [-0.2, 0) is 14.3 Å². The minimum atomic E-state index is -0.441. The molecule has 0 aliphatic carbocycles. The number of nitrogens with one attached hydrogen (secondary N) is 1. The van der Waals surface area contributed by atoms with Gasteiger partial charge in [0.1, 0.15) is 11.6 Å². The summed E-state index contributed by atoms with van der Waals surface area (Å²) in [6, 6.07) is -0.223. The molecule has 0 bridgehead atoms. The van der Waals surface area contributed by atoms with Crippen molar-refractivity contribution in [3.8, 4) is 0 Å². The summed E-state index contributed by atoms with van der Waals surface area (Å²) in [6.45, 7) is 11.3. The van der Waals surface area contributed by atoms with Crippen LogP contribution in [0, 0.1) is 0 Å². The molecule has 0 aromatic rings. The van der Waals surface area contributed by atoms with Gasteiger partial charge >= 0.3 is 5.97 Å². The lowest BCUT2D eigenvalue weighted by Gasteiger charge is -2.26. The van der Waals surface area contributed by atoms with E-state index < -0.39 is 5.60 Å². The molecule has 0 saturated heterocycles. The lowest BCUT2D eigenvalue weighted by Crippen LogP contribution is -2.47. The molecule has 0 aliphatic rings. The van der Waals surface area contributed by atoms with Crippen molar-refractivity contribution in [3.05, 3.63) is 0 Å². The Kier molecular flexibility index (Phi) is 5.97. The van der Waals surface area contributed by atoms with E-state index >= 15 is 0 Å². The van der Waals surface area contributed by atoms with Crippen LogP contribution in [0.2, 0.25) is 0 Å². The van der Waals surface area contributed by atoms with E-state index in [2.05, 4.69) is 5.32 Å². The molecule has 16 heavy (non-hydrogen) atoms. The van der Waals surface area contributed by atoms with Crippen LogP contribution < -0.4 is 5.32 Å². The molecule has 0 aromatic heterocycles. The van der Waals surface area contributed by atoms with Crippen LogP contribution in [0.4, 0.5) is 0 Å². The molecular formula is C12H25NO3. The van der Waals surface area contributed by atoms with Crippen molar-refractivity contribution in [2.45, 2.75) is 65.3 Å². The third-order valence-electron chi connectivity index (χ3n) is 2.35. The summed E-state index contributed by atoms with van der Waals surface area (Å²) in [5.41, 5.74) is -0.441. The number of carbonyl (C=O) groups is 1. The van der Waals surface area contributed by atoms with Crippen molar-refractivity contribution < 1.29 is 14.3 Å². The molecule has 0 aliphatic heterocycles. The Bertz CT molecular complexity index is 223. The molecule has 0 saturated carbocycles. The van der Waals surface area contributed by atoms with Gasteiger partial charge in [-0.2, -0.15) is 0 Å². The molecule has 0 fully saturated rings. The van der Waals surface area contributed by atoms with E-state index in [9.17, 15) is 4.79 Å². The highest BCUT2D eigenvalue weighted by Crippen LogP contribution is 2.09. The van der Waals surface area contributed by atoms with E-state index in [1.807, 2.05) is 34.6 Å². The third-order valence-corrected chi connectivity index (χ3v) is 2.35. The highest BCUT2D eigenvalue weighted by atomic mass is 16.6. The fourth-order valence-electron chi connectivity index (χ4n) is 1.19. The summed E-state index contributed by atoms with van der Waals surface area (Å²) in [7, 11) is 1.65. The summed E-state index contributed by atoms with van der Waals surface area (Å²) in [5.74, 6) is -0.234. The molecule has 0 rings (SSSR count). The SMILES string of the molecule is COC(C)C(C)N[C@H](C)C(=O)OC(C)(C)C. The van der Waals surface area contributed by atoms with Gasteiger partial charge in [0.15, 0.2) is 0 Å². The summed E-state index contributed by atoms with van der Waals surface area (Å²) < 4.78 is 10.5.